The molecule has 5 rings (SSSR count). The molecule has 8 N–H and O–H groups in total. The van der Waals surface area contributed by atoms with Crippen LogP contribution in [0.5, 0.6) is 5.75 Å². The molecule has 12 nitrogen and oxygen atoms in total. The Kier molecular flexibility index (Phi) is 6.30. The number of carbonyl (C=O) groups is 4. The van der Waals surface area contributed by atoms with E-state index in [2.05, 4.69) is 10.6 Å². The molecule has 0 saturated carbocycles. The van der Waals surface area contributed by atoms with Crippen molar-refractivity contribution >= 4 is 40.6 Å². The lowest BCUT2D eigenvalue weighted by Gasteiger charge is -2.45. The number of anilines is 3. The number of allylic oxidation sites excluding steroid dienone is 2. The summed E-state index contributed by atoms with van der Waals surface area (Å²) in [5, 5.41) is 49.3. The van der Waals surface area contributed by atoms with Gasteiger partial charge < -0.3 is 41.7 Å². The fourth-order valence-corrected chi connectivity index (χ4v) is 5.97. The van der Waals surface area contributed by atoms with Gasteiger partial charge in [0.25, 0.3) is 5.91 Å². The highest BCUT2D eigenvalue weighted by Gasteiger charge is 2.59. The van der Waals surface area contributed by atoms with E-state index in [1.54, 1.807) is 49.3 Å². The molecule has 0 fully saturated rings. The van der Waals surface area contributed by atoms with Gasteiger partial charge in [0.15, 0.2) is 17.1 Å². The number of phenols is 1. The van der Waals surface area contributed by atoms with E-state index < -0.39 is 63.8 Å². The van der Waals surface area contributed by atoms with E-state index in [0.29, 0.717) is 16.9 Å². The van der Waals surface area contributed by atoms with E-state index in [1.165, 1.54) is 6.07 Å². The van der Waals surface area contributed by atoms with E-state index in [0.717, 1.165) is 0 Å². The lowest BCUT2D eigenvalue weighted by Crippen LogP contribution is -2.57. The first-order valence-corrected chi connectivity index (χ1v) is 12.5. The highest BCUT2D eigenvalue weighted by molar-refractivity contribution is 6.24. The Morgan fingerprint density at radius 1 is 1.05 bits per heavy atom. The fourth-order valence-electron chi connectivity index (χ4n) is 5.97. The minimum atomic E-state index is -2.65. The van der Waals surface area contributed by atoms with Crippen LogP contribution >= 0.6 is 0 Å². The Labute approximate surface area is 228 Å². The monoisotopic (exact) mass is 548 g/mol. The van der Waals surface area contributed by atoms with Gasteiger partial charge in [0.1, 0.15) is 17.1 Å². The van der Waals surface area contributed by atoms with Crippen LogP contribution in [0.4, 0.5) is 21.9 Å². The Morgan fingerprint density at radius 2 is 1.73 bits per heavy atom. The zero-order valence-corrected chi connectivity index (χ0v) is 21.7. The molecule has 3 atom stereocenters. The molecule has 12 heteroatoms. The lowest BCUT2D eigenvalue weighted by molar-refractivity contribution is -0.144. The van der Waals surface area contributed by atoms with Crippen molar-refractivity contribution in [3.63, 3.8) is 0 Å². The topological polar surface area (TPSA) is 203 Å². The molecule has 0 aliphatic heterocycles. The number of phenolic OH excluding ortho intramolecular Hbond substituents is 1. The number of Topliss-reactive ketones (excluding diaryl/α,β-unsaturated/α-hetero) is 2. The van der Waals surface area contributed by atoms with Gasteiger partial charge in [-0.25, -0.2) is 4.79 Å². The minimum absolute atomic E-state index is 0.0238. The van der Waals surface area contributed by atoms with E-state index in [1.807, 2.05) is 0 Å². The Morgan fingerprint density at radius 3 is 2.35 bits per heavy atom. The summed E-state index contributed by atoms with van der Waals surface area (Å²) in [6, 6.07) is 9.43. The second kappa shape index (κ2) is 9.42. The van der Waals surface area contributed by atoms with Crippen LogP contribution in [-0.2, 0) is 16.0 Å². The van der Waals surface area contributed by atoms with Crippen molar-refractivity contribution in [3.05, 3.63) is 70.2 Å². The zero-order valence-electron chi connectivity index (χ0n) is 21.7. The predicted molar refractivity (Wildman–Crippen MR) is 144 cm³/mol. The number of amides is 3. The molecule has 208 valence electrons. The molecular weight excluding hydrogens is 520 g/mol. The van der Waals surface area contributed by atoms with Crippen LogP contribution in [0.15, 0.2) is 59.1 Å². The van der Waals surface area contributed by atoms with Crippen LogP contribution in [0.1, 0.15) is 28.8 Å². The summed E-state index contributed by atoms with van der Waals surface area (Å²) in [5.41, 5.74) is 2.67. The molecule has 40 heavy (non-hydrogen) atoms. The number of hydrogen-bond donors (Lipinski definition) is 7. The summed E-state index contributed by atoms with van der Waals surface area (Å²) in [6.45, 7) is 0. The molecule has 2 aromatic rings. The standard InChI is InChI=1S/C28H28N4O8/c1-32(2)17-11-16(31-27(39)30-14-6-4-3-5-7-14)22(34)20-15(17)9-12-8-13-10-18(33)21(26(29)38)25(37)28(13,40)24(36)19(12)23(20)35/h3-7,11-13,33-34,36,40H,8-10H2,1-2H3,(H2,29,38)(H2,30,31,39)/t12?,13-,28-/m0/s1. The minimum Gasteiger partial charge on any atom is -0.511 e. The van der Waals surface area contributed by atoms with Crippen LogP contribution in [0.2, 0.25) is 0 Å². The third-order valence-corrected chi connectivity index (χ3v) is 7.80. The third-order valence-electron chi connectivity index (χ3n) is 7.80. The van der Waals surface area contributed by atoms with Crippen LogP contribution in [0.25, 0.3) is 0 Å². The van der Waals surface area contributed by atoms with Gasteiger partial charge >= 0.3 is 6.03 Å². The molecule has 3 amide bonds. The van der Waals surface area contributed by atoms with Crippen molar-refractivity contribution in [2.75, 3.05) is 29.6 Å². The number of aliphatic hydroxyl groups is 3. The second-order valence-corrected chi connectivity index (χ2v) is 10.4. The number of rotatable bonds is 4. The number of urea groups is 1. The lowest BCUT2D eigenvalue weighted by atomic mass is 9.60. The average Bonchev–Trinajstić information content (AvgIpc) is 2.88. The first-order chi connectivity index (χ1) is 18.9. The van der Waals surface area contributed by atoms with Gasteiger partial charge in [-0.05, 0) is 42.5 Å². The van der Waals surface area contributed by atoms with Gasteiger partial charge in [0.05, 0.1) is 11.3 Å². The molecule has 3 aliphatic carbocycles. The summed E-state index contributed by atoms with van der Waals surface area (Å²) in [7, 11) is 3.45. The molecule has 0 aromatic heterocycles. The van der Waals surface area contributed by atoms with Crippen molar-refractivity contribution < 1.29 is 39.6 Å². The van der Waals surface area contributed by atoms with Crippen LogP contribution in [0, 0.1) is 11.8 Å². The highest BCUT2D eigenvalue weighted by atomic mass is 16.3. The second-order valence-electron chi connectivity index (χ2n) is 10.4. The summed E-state index contributed by atoms with van der Waals surface area (Å²) >= 11 is 0. The molecule has 1 unspecified atom stereocenters. The summed E-state index contributed by atoms with van der Waals surface area (Å²) in [6.07, 6.45) is -0.136. The van der Waals surface area contributed by atoms with Crippen molar-refractivity contribution in [2.45, 2.75) is 24.9 Å². The van der Waals surface area contributed by atoms with Crippen molar-refractivity contribution in [1.82, 2.24) is 0 Å². The van der Waals surface area contributed by atoms with Gasteiger partial charge in [-0.3, -0.25) is 14.4 Å². The first kappa shape index (κ1) is 26.8. The molecule has 0 spiro atoms. The molecule has 3 aliphatic rings. The molecule has 0 bridgehead atoms. The van der Waals surface area contributed by atoms with E-state index in [-0.39, 0.29) is 36.1 Å². The average molecular weight is 549 g/mol. The number of fused-ring (bicyclic) bond motifs is 3. The van der Waals surface area contributed by atoms with Crippen LogP contribution in [-0.4, -0.2) is 63.6 Å². The summed E-state index contributed by atoms with van der Waals surface area (Å²) in [5.74, 6) is -7.16. The van der Waals surface area contributed by atoms with E-state index in [4.69, 9.17) is 5.73 Å². The van der Waals surface area contributed by atoms with E-state index in [9.17, 15) is 39.6 Å². The number of benzene rings is 2. The Bertz CT molecular complexity index is 1550. The van der Waals surface area contributed by atoms with Crippen molar-refractivity contribution in [1.29, 1.82) is 0 Å². The number of nitrogens with one attached hydrogen (secondary N) is 2. The fraction of sp³-hybridized carbons (Fsp3) is 0.286. The molecular formula is C28H28N4O8. The Hall–Kier alpha value is -4.84. The highest BCUT2D eigenvalue weighted by Crippen LogP contribution is 2.53. The molecule has 2 aromatic carbocycles. The van der Waals surface area contributed by atoms with Gasteiger partial charge in [0.2, 0.25) is 5.78 Å². The number of hydrogen-bond acceptors (Lipinski definition) is 9. The number of aliphatic hydroxyl groups excluding tert-OH is 2. The largest absolute Gasteiger partial charge is 0.511 e. The van der Waals surface area contributed by atoms with Gasteiger partial charge in [-0.2, -0.15) is 0 Å². The Balaban J connectivity index is 1.59. The van der Waals surface area contributed by atoms with Gasteiger partial charge in [0, 0.05) is 43.4 Å². The number of nitrogens with two attached hydrogens (primary N) is 1. The SMILES string of the molecule is CN(C)c1cc(NC(=O)Nc2ccccc2)c(O)c2c1CC1C[C@H]3CC(O)=C(C(N)=O)C(=O)[C@@]3(O)C(O)=C1C2=O. The normalized spacial score (nSPS) is 23.7. The molecule has 0 saturated heterocycles. The number of para-hydroxylation sites is 1. The summed E-state index contributed by atoms with van der Waals surface area (Å²) in [4.78, 5) is 53.2. The molecule has 0 heterocycles. The van der Waals surface area contributed by atoms with Gasteiger partial charge in [-0.15, -0.1) is 0 Å². The first-order valence-electron chi connectivity index (χ1n) is 12.5. The van der Waals surface area contributed by atoms with Gasteiger partial charge in [-0.1, -0.05) is 18.2 Å². The van der Waals surface area contributed by atoms with E-state index >= 15 is 0 Å². The smallest absolute Gasteiger partial charge is 0.323 e. The van der Waals surface area contributed by atoms with Crippen LogP contribution in [0.3, 0.4) is 0 Å². The number of carbonyl (C=O) groups excluding carboxylic acids is 4. The maximum absolute atomic E-state index is 13.9. The zero-order chi connectivity index (χ0) is 29.1. The maximum atomic E-state index is 13.9. The number of ketones is 2. The number of primary amides is 1. The quantitative estimate of drug-likeness (QED) is 0.221. The number of nitrogens with zero attached hydrogens (tertiary/aromatic N) is 1. The maximum Gasteiger partial charge on any atom is 0.323 e. The molecule has 0 radical (unpaired) electrons. The predicted octanol–water partition coefficient (Wildman–Crippen LogP) is 2.29. The van der Waals surface area contributed by atoms with Crippen LogP contribution < -0.4 is 21.3 Å². The third kappa shape index (κ3) is 3.95. The van der Waals surface area contributed by atoms with Crippen molar-refractivity contribution in [2.24, 2.45) is 17.6 Å². The number of aromatic hydroxyl groups is 1. The van der Waals surface area contributed by atoms with Crippen molar-refractivity contribution in [3.8, 4) is 5.75 Å². The summed E-state index contributed by atoms with van der Waals surface area (Å²) < 4.78 is 0.